The summed E-state index contributed by atoms with van der Waals surface area (Å²) >= 11 is 12.1. The number of imide groups is 1. The zero-order valence-corrected chi connectivity index (χ0v) is 16.9. The van der Waals surface area contributed by atoms with Crippen molar-refractivity contribution in [2.45, 2.75) is 38.8 Å². The third-order valence-electron chi connectivity index (χ3n) is 4.67. The average molecular weight is 419 g/mol. The average Bonchev–Trinajstić information content (AvgIpc) is 2.96. The van der Waals surface area contributed by atoms with Crippen LogP contribution >= 0.6 is 23.2 Å². The van der Waals surface area contributed by atoms with E-state index in [1.807, 2.05) is 19.1 Å². The van der Waals surface area contributed by atoms with Gasteiger partial charge < -0.3 is 4.90 Å². The molecule has 0 bridgehead atoms. The van der Waals surface area contributed by atoms with Crippen molar-refractivity contribution in [2.24, 2.45) is 0 Å². The summed E-state index contributed by atoms with van der Waals surface area (Å²) in [5, 5.41) is 1.03. The number of hydrogen-bond donors (Lipinski definition) is 0. The van der Waals surface area contributed by atoms with E-state index < -0.39 is 11.9 Å². The van der Waals surface area contributed by atoms with E-state index in [2.05, 4.69) is 0 Å². The number of halogens is 2. The topological polar surface area (TPSA) is 57.7 Å². The maximum atomic E-state index is 13.1. The Bertz CT molecular complexity index is 899. The highest BCUT2D eigenvalue weighted by molar-refractivity contribution is 6.31. The van der Waals surface area contributed by atoms with E-state index in [4.69, 9.17) is 23.2 Å². The van der Waals surface area contributed by atoms with E-state index >= 15 is 0 Å². The summed E-state index contributed by atoms with van der Waals surface area (Å²) in [5.41, 5.74) is 1.18. The molecule has 0 radical (unpaired) electrons. The van der Waals surface area contributed by atoms with Crippen LogP contribution in [0.25, 0.3) is 0 Å². The van der Waals surface area contributed by atoms with Crippen molar-refractivity contribution in [3.05, 3.63) is 64.1 Å². The number of carbonyl (C=O) groups is 3. The summed E-state index contributed by atoms with van der Waals surface area (Å²) < 4.78 is 0. The molecule has 0 saturated carbocycles. The summed E-state index contributed by atoms with van der Waals surface area (Å²) in [6.07, 6.45) is 0.887. The number of amides is 3. The largest absolute Gasteiger partial charge is 0.326 e. The van der Waals surface area contributed by atoms with Crippen LogP contribution in [0.5, 0.6) is 0 Å². The highest BCUT2D eigenvalue weighted by Crippen LogP contribution is 2.29. The van der Waals surface area contributed by atoms with Crippen molar-refractivity contribution in [2.75, 3.05) is 4.90 Å². The van der Waals surface area contributed by atoms with Gasteiger partial charge in [-0.2, -0.15) is 0 Å². The van der Waals surface area contributed by atoms with Gasteiger partial charge in [-0.05, 0) is 42.3 Å². The highest BCUT2D eigenvalue weighted by Gasteiger charge is 2.44. The molecule has 1 heterocycles. The molecular formula is C21H20Cl2N2O3. The molecule has 0 N–H and O–H groups in total. The monoisotopic (exact) mass is 418 g/mol. The lowest BCUT2D eigenvalue weighted by molar-refractivity contribution is -0.139. The number of anilines is 1. The molecular weight excluding hydrogens is 399 g/mol. The Morgan fingerprint density at radius 2 is 1.79 bits per heavy atom. The van der Waals surface area contributed by atoms with Crippen LogP contribution in [0.15, 0.2) is 48.5 Å². The third kappa shape index (κ3) is 4.21. The Morgan fingerprint density at radius 1 is 1.11 bits per heavy atom. The van der Waals surface area contributed by atoms with Crippen LogP contribution < -0.4 is 4.90 Å². The first-order chi connectivity index (χ1) is 13.4. The number of hydrogen-bond acceptors (Lipinski definition) is 3. The SMILES string of the molecule is CCCC(=O)N(Cc1ccccc1Cl)C1CC(=O)N(c2ccc(Cl)cc2)C1=O. The minimum atomic E-state index is -0.849. The quantitative estimate of drug-likeness (QED) is 0.650. The maximum absolute atomic E-state index is 13.1. The normalized spacial score (nSPS) is 16.5. The minimum Gasteiger partial charge on any atom is -0.326 e. The Hall–Kier alpha value is -2.37. The first kappa shape index (κ1) is 20.4. The molecule has 0 spiro atoms. The van der Waals surface area contributed by atoms with Gasteiger partial charge in [-0.3, -0.25) is 14.4 Å². The van der Waals surface area contributed by atoms with Crippen LogP contribution in [0.4, 0.5) is 5.69 Å². The van der Waals surface area contributed by atoms with Crippen molar-refractivity contribution < 1.29 is 14.4 Å². The number of nitrogens with zero attached hydrogens (tertiary/aromatic N) is 2. The van der Waals surface area contributed by atoms with Gasteiger partial charge in [0.25, 0.3) is 5.91 Å². The second-order valence-electron chi connectivity index (χ2n) is 6.63. The molecule has 3 rings (SSSR count). The van der Waals surface area contributed by atoms with Crippen LogP contribution in [0, 0.1) is 0 Å². The maximum Gasteiger partial charge on any atom is 0.257 e. The minimum absolute atomic E-state index is 0.0542. The standard InChI is InChI=1S/C21H20Cl2N2O3/c1-2-5-19(26)24(13-14-6-3-4-7-17(14)23)18-12-20(27)25(21(18)28)16-10-8-15(22)9-11-16/h3-4,6-11,18H,2,5,12-13H2,1H3. The summed E-state index contributed by atoms with van der Waals surface area (Å²) in [7, 11) is 0. The molecule has 1 aliphatic heterocycles. The molecule has 1 atom stereocenters. The molecule has 1 saturated heterocycles. The Morgan fingerprint density at radius 3 is 2.43 bits per heavy atom. The fraction of sp³-hybridized carbons (Fsp3) is 0.286. The van der Waals surface area contributed by atoms with Crippen molar-refractivity contribution in [3.8, 4) is 0 Å². The molecule has 146 valence electrons. The summed E-state index contributed by atoms with van der Waals surface area (Å²) in [4.78, 5) is 41.0. The Labute approximate surface area is 173 Å². The summed E-state index contributed by atoms with van der Waals surface area (Å²) in [5.74, 6) is -0.930. The third-order valence-corrected chi connectivity index (χ3v) is 5.29. The van der Waals surface area contributed by atoms with Gasteiger partial charge in [0.15, 0.2) is 0 Å². The van der Waals surface area contributed by atoms with Crippen molar-refractivity contribution in [1.29, 1.82) is 0 Å². The van der Waals surface area contributed by atoms with Crippen LogP contribution in [-0.2, 0) is 20.9 Å². The predicted molar refractivity (Wildman–Crippen MR) is 109 cm³/mol. The van der Waals surface area contributed by atoms with E-state index in [0.717, 1.165) is 10.5 Å². The van der Waals surface area contributed by atoms with E-state index in [0.29, 0.717) is 28.6 Å². The molecule has 2 aromatic rings. The molecule has 1 unspecified atom stereocenters. The fourth-order valence-corrected chi connectivity index (χ4v) is 3.58. The molecule has 28 heavy (non-hydrogen) atoms. The van der Waals surface area contributed by atoms with Gasteiger partial charge in [0.2, 0.25) is 11.8 Å². The molecule has 3 amide bonds. The second-order valence-corrected chi connectivity index (χ2v) is 7.47. The smallest absolute Gasteiger partial charge is 0.257 e. The molecule has 2 aromatic carbocycles. The van der Waals surface area contributed by atoms with Crippen LogP contribution in [0.3, 0.4) is 0 Å². The van der Waals surface area contributed by atoms with E-state index in [9.17, 15) is 14.4 Å². The lowest BCUT2D eigenvalue weighted by Crippen LogP contribution is -2.45. The first-order valence-corrected chi connectivity index (χ1v) is 9.83. The highest BCUT2D eigenvalue weighted by atomic mass is 35.5. The van der Waals surface area contributed by atoms with E-state index in [1.54, 1.807) is 36.4 Å². The van der Waals surface area contributed by atoms with Gasteiger partial charge in [-0.15, -0.1) is 0 Å². The lowest BCUT2D eigenvalue weighted by atomic mass is 10.1. The Balaban J connectivity index is 1.90. The predicted octanol–water partition coefficient (Wildman–Crippen LogP) is 4.45. The molecule has 1 fully saturated rings. The van der Waals surface area contributed by atoms with Gasteiger partial charge >= 0.3 is 0 Å². The molecule has 1 aliphatic rings. The van der Waals surface area contributed by atoms with Gasteiger partial charge in [0.1, 0.15) is 6.04 Å². The van der Waals surface area contributed by atoms with Crippen molar-refractivity contribution in [3.63, 3.8) is 0 Å². The fourth-order valence-electron chi connectivity index (χ4n) is 3.26. The summed E-state index contributed by atoms with van der Waals surface area (Å²) in [6, 6.07) is 12.8. The number of benzene rings is 2. The van der Waals surface area contributed by atoms with Crippen LogP contribution in [-0.4, -0.2) is 28.7 Å². The lowest BCUT2D eigenvalue weighted by Gasteiger charge is -2.28. The molecule has 5 nitrogen and oxygen atoms in total. The summed E-state index contributed by atoms with van der Waals surface area (Å²) in [6.45, 7) is 2.07. The van der Waals surface area contributed by atoms with Crippen molar-refractivity contribution >= 4 is 46.6 Å². The first-order valence-electron chi connectivity index (χ1n) is 9.07. The second kappa shape index (κ2) is 8.76. The van der Waals surface area contributed by atoms with Gasteiger partial charge in [-0.1, -0.05) is 48.3 Å². The van der Waals surface area contributed by atoms with Gasteiger partial charge in [-0.25, -0.2) is 4.90 Å². The van der Waals surface area contributed by atoms with Gasteiger partial charge in [0.05, 0.1) is 12.1 Å². The van der Waals surface area contributed by atoms with Crippen LogP contribution in [0.2, 0.25) is 10.0 Å². The van der Waals surface area contributed by atoms with E-state index in [-0.39, 0.29) is 24.8 Å². The number of carbonyl (C=O) groups excluding carboxylic acids is 3. The zero-order valence-electron chi connectivity index (χ0n) is 15.4. The Kier molecular flexibility index (Phi) is 6.37. The molecule has 0 aliphatic carbocycles. The van der Waals surface area contributed by atoms with Crippen molar-refractivity contribution in [1.82, 2.24) is 4.90 Å². The molecule has 7 heteroatoms. The van der Waals surface area contributed by atoms with Gasteiger partial charge in [0, 0.05) is 23.0 Å². The zero-order chi connectivity index (χ0) is 20.3. The van der Waals surface area contributed by atoms with E-state index in [1.165, 1.54) is 4.90 Å². The molecule has 0 aromatic heterocycles. The number of rotatable bonds is 6. The van der Waals surface area contributed by atoms with Crippen LogP contribution in [0.1, 0.15) is 31.7 Å².